The number of carbonyl (C=O) groups excluding carboxylic acids is 1. The summed E-state index contributed by atoms with van der Waals surface area (Å²) < 4.78 is 10.1. The molecule has 1 aromatic carbocycles. The molecular weight excluding hydrogens is 350 g/mol. The number of nitrogens with one attached hydrogen (secondary N) is 1. The van der Waals surface area contributed by atoms with Crippen LogP contribution in [0.5, 0.6) is 0 Å². The lowest BCUT2D eigenvalue weighted by Crippen LogP contribution is -2.51. The third-order valence-corrected chi connectivity index (χ3v) is 4.33. The van der Waals surface area contributed by atoms with E-state index in [9.17, 15) is 14.7 Å². The number of hydrogen-bond donors (Lipinski definition) is 2. The minimum absolute atomic E-state index is 0.0227. The molecule has 0 aliphatic heterocycles. The number of carboxylic acids is 1. The molecule has 1 atom stereocenters. The van der Waals surface area contributed by atoms with Crippen molar-refractivity contribution < 1.29 is 23.6 Å². The Morgan fingerprint density at radius 1 is 1.22 bits per heavy atom. The van der Waals surface area contributed by atoms with Crippen molar-refractivity contribution in [1.82, 2.24) is 15.5 Å². The lowest BCUT2D eigenvalue weighted by atomic mass is 9.87. The van der Waals surface area contributed by atoms with Crippen molar-refractivity contribution in [3.8, 4) is 11.4 Å². The van der Waals surface area contributed by atoms with E-state index < -0.39 is 17.4 Å². The van der Waals surface area contributed by atoms with Crippen LogP contribution in [0.1, 0.15) is 31.2 Å². The maximum Gasteiger partial charge on any atom is 0.334 e. The molecule has 0 bridgehead atoms. The highest BCUT2D eigenvalue weighted by Crippen LogP contribution is 2.26. The molecule has 1 unspecified atom stereocenters. The number of aromatic nitrogens is 2. The molecule has 2 aromatic heterocycles. The maximum atomic E-state index is 12.4. The van der Waals surface area contributed by atoms with Crippen LogP contribution in [0.2, 0.25) is 0 Å². The quantitative estimate of drug-likeness (QED) is 0.626. The largest absolute Gasteiger partial charge is 0.479 e. The molecule has 27 heavy (non-hydrogen) atoms. The van der Waals surface area contributed by atoms with Crippen LogP contribution in [-0.4, -0.2) is 27.1 Å². The highest BCUT2D eigenvalue weighted by molar-refractivity contribution is 5.88. The van der Waals surface area contributed by atoms with Crippen LogP contribution in [0.25, 0.3) is 11.4 Å². The molecule has 8 heteroatoms. The fourth-order valence-corrected chi connectivity index (χ4v) is 2.80. The van der Waals surface area contributed by atoms with E-state index in [0.29, 0.717) is 22.8 Å². The van der Waals surface area contributed by atoms with Crippen molar-refractivity contribution >= 4 is 11.9 Å². The third kappa shape index (κ3) is 3.89. The lowest BCUT2D eigenvalue weighted by Gasteiger charge is -2.30. The van der Waals surface area contributed by atoms with Gasteiger partial charge in [0.05, 0.1) is 11.8 Å². The number of carbonyl (C=O) groups is 2. The molecule has 3 aromatic rings. The number of carboxylic acid groups (broad SMARTS) is 1. The second kappa shape index (κ2) is 7.86. The van der Waals surface area contributed by atoms with Gasteiger partial charge in [-0.05, 0) is 18.1 Å². The Labute approximate surface area is 155 Å². The number of nitrogens with zero attached hydrogens (tertiary/aromatic N) is 2. The molecule has 2 heterocycles. The SMILES string of the molecule is CCC(NC(=O)CCc1nc(-c2ccoc2)no1)(C(=O)O)c1ccccc1. The summed E-state index contributed by atoms with van der Waals surface area (Å²) in [6, 6.07) is 10.3. The van der Waals surface area contributed by atoms with E-state index in [0.717, 1.165) is 0 Å². The second-order valence-corrected chi connectivity index (χ2v) is 6.00. The average molecular weight is 369 g/mol. The molecule has 2 N–H and O–H groups in total. The summed E-state index contributed by atoms with van der Waals surface area (Å²) in [6.07, 6.45) is 3.42. The zero-order chi connectivity index (χ0) is 19.3. The lowest BCUT2D eigenvalue weighted by molar-refractivity contribution is -0.148. The first-order valence-corrected chi connectivity index (χ1v) is 8.50. The maximum absolute atomic E-state index is 12.4. The zero-order valence-corrected chi connectivity index (χ0v) is 14.7. The number of amides is 1. The topological polar surface area (TPSA) is 118 Å². The highest BCUT2D eigenvalue weighted by atomic mass is 16.5. The molecule has 0 spiro atoms. The van der Waals surface area contributed by atoms with Crippen molar-refractivity contribution in [3.05, 3.63) is 60.4 Å². The van der Waals surface area contributed by atoms with Crippen LogP contribution < -0.4 is 5.32 Å². The zero-order valence-electron chi connectivity index (χ0n) is 14.7. The minimum Gasteiger partial charge on any atom is -0.479 e. The molecular formula is C19H19N3O5. The predicted octanol–water partition coefficient (Wildman–Crippen LogP) is 2.77. The van der Waals surface area contributed by atoms with Crippen molar-refractivity contribution in [1.29, 1.82) is 0 Å². The number of hydrogen-bond acceptors (Lipinski definition) is 6. The van der Waals surface area contributed by atoms with E-state index in [4.69, 9.17) is 8.94 Å². The molecule has 3 rings (SSSR count). The second-order valence-electron chi connectivity index (χ2n) is 6.00. The number of rotatable bonds is 8. The van der Waals surface area contributed by atoms with E-state index in [-0.39, 0.29) is 19.3 Å². The van der Waals surface area contributed by atoms with E-state index in [2.05, 4.69) is 15.5 Å². The van der Waals surface area contributed by atoms with Crippen LogP contribution in [0.15, 0.2) is 57.9 Å². The van der Waals surface area contributed by atoms with Crippen LogP contribution in [-0.2, 0) is 21.5 Å². The molecule has 140 valence electrons. The normalized spacial score (nSPS) is 13.1. The van der Waals surface area contributed by atoms with Crippen molar-refractivity contribution in [3.63, 3.8) is 0 Å². The van der Waals surface area contributed by atoms with Gasteiger partial charge in [-0.15, -0.1) is 0 Å². The number of aryl methyl sites for hydroxylation is 1. The highest BCUT2D eigenvalue weighted by Gasteiger charge is 2.40. The molecule has 1 amide bonds. The molecule has 8 nitrogen and oxygen atoms in total. The Morgan fingerprint density at radius 3 is 2.63 bits per heavy atom. The Balaban J connectivity index is 1.67. The fraction of sp³-hybridized carbons (Fsp3) is 0.263. The van der Waals surface area contributed by atoms with Gasteiger partial charge in [0.2, 0.25) is 17.6 Å². The van der Waals surface area contributed by atoms with Crippen LogP contribution in [0.4, 0.5) is 0 Å². The van der Waals surface area contributed by atoms with Crippen LogP contribution >= 0.6 is 0 Å². The summed E-state index contributed by atoms with van der Waals surface area (Å²) in [5.74, 6) is -0.855. The predicted molar refractivity (Wildman–Crippen MR) is 94.5 cm³/mol. The Bertz CT molecular complexity index is 905. The van der Waals surface area contributed by atoms with Gasteiger partial charge in [0.25, 0.3) is 0 Å². The molecule has 0 radical (unpaired) electrons. The molecule has 0 aliphatic rings. The first-order chi connectivity index (χ1) is 13.0. The molecule has 0 saturated carbocycles. The summed E-state index contributed by atoms with van der Waals surface area (Å²) in [7, 11) is 0. The smallest absolute Gasteiger partial charge is 0.334 e. The summed E-state index contributed by atoms with van der Waals surface area (Å²) in [6.45, 7) is 1.72. The Kier molecular flexibility index (Phi) is 5.35. The summed E-state index contributed by atoms with van der Waals surface area (Å²) in [4.78, 5) is 28.6. The van der Waals surface area contributed by atoms with E-state index in [1.165, 1.54) is 12.5 Å². The summed E-state index contributed by atoms with van der Waals surface area (Å²) in [5, 5.41) is 16.2. The number of benzene rings is 1. The first-order valence-electron chi connectivity index (χ1n) is 8.50. The summed E-state index contributed by atoms with van der Waals surface area (Å²) in [5.41, 5.74) is -0.280. The van der Waals surface area contributed by atoms with Gasteiger partial charge < -0.3 is 19.4 Å². The minimum atomic E-state index is -1.48. The van der Waals surface area contributed by atoms with E-state index in [1.807, 2.05) is 0 Å². The van der Waals surface area contributed by atoms with Gasteiger partial charge in [0.1, 0.15) is 6.26 Å². The number of furan rings is 1. The van der Waals surface area contributed by atoms with Gasteiger partial charge >= 0.3 is 5.97 Å². The fourth-order valence-electron chi connectivity index (χ4n) is 2.80. The molecule has 0 aliphatic carbocycles. The van der Waals surface area contributed by atoms with Crippen molar-refractivity contribution in [2.24, 2.45) is 0 Å². The third-order valence-electron chi connectivity index (χ3n) is 4.33. The van der Waals surface area contributed by atoms with Gasteiger partial charge in [0, 0.05) is 12.8 Å². The summed E-state index contributed by atoms with van der Waals surface area (Å²) >= 11 is 0. The van der Waals surface area contributed by atoms with E-state index in [1.54, 1.807) is 43.3 Å². The van der Waals surface area contributed by atoms with E-state index >= 15 is 0 Å². The van der Waals surface area contributed by atoms with Crippen molar-refractivity contribution in [2.45, 2.75) is 31.7 Å². The van der Waals surface area contributed by atoms with Crippen LogP contribution in [0.3, 0.4) is 0 Å². The number of aliphatic carboxylic acids is 1. The van der Waals surface area contributed by atoms with Crippen molar-refractivity contribution in [2.75, 3.05) is 0 Å². The first kappa shape index (κ1) is 18.4. The van der Waals surface area contributed by atoms with Crippen LogP contribution in [0, 0.1) is 0 Å². The monoisotopic (exact) mass is 369 g/mol. The van der Waals surface area contributed by atoms with Gasteiger partial charge in [-0.3, -0.25) is 4.79 Å². The Morgan fingerprint density at radius 2 is 2.00 bits per heavy atom. The average Bonchev–Trinajstić information content (AvgIpc) is 3.36. The van der Waals surface area contributed by atoms with Gasteiger partial charge in [-0.25, -0.2) is 4.79 Å². The molecule has 0 saturated heterocycles. The standard InChI is InChI=1S/C19H19N3O5/c1-2-19(18(24)25,14-6-4-3-5-7-14)21-15(23)8-9-16-20-17(22-27-16)13-10-11-26-12-13/h3-7,10-12H,2,8-9H2,1H3,(H,21,23)(H,24,25). The Hall–Kier alpha value is -3.42. The van der Waals surface area contributed by atoms with Gasteiger partial charge in [-0.2, -0.15) is 4.98 Å². The van der Waals surface area contributed by atoms with Gasteiger partial charge in [0.15, 0.2) is 5.54 Å². The molecule has 0 fully saturated rings. The van der Waals surface area contributed by atoms with Gasteiger partial charge in [-0.1, -0.05) is 42.4 Å².